The number of carbonyl (C=O) groups is 2. The molecule has 1 aromatic heterocycles. The number of nitrogens with one attached hydrogen (secondary N) is 1. The summed E-state index contributed by atoms with van der Waals surface area (Å²) in [5, 5.41) is 2.55. The van der Waals surface area contributed by atoms with Gasteiger partial charge in [-0.2, -0.15) is 13.2 Å². The Morgan fingerprint density at radius 1 is 0.898 bits per heavy atom. The topological polar surface area (TPSA) is 94.1 Å². The summed E-state index contributed by atoms with van der Waals surface area (Å²) in [4.78, 5) is 42.2. The molecule has 5 rings (SSSR count). The van der Waals surface area contributed by atoms with E-state index in [0.717, 1.165) is 12.1 Å². The van der Waals surface area contributed by atoms with Crippen molar-refractivity contribution in [2.75, 3.05) is 61.4 Å². The summed E-state index contributed by atoms with van der Waals surface area (Å²) < 4.78 is 76.5. The van der Waals surface area contributed by atoms with Crippen molar-refractivity contribution in [3.8, 4) is 11.1 Å². The maximum Gasteiger partial charge on any atom is 0.417 e. The van der Waals surface area contributed by atoms with Crippen LogP contribution in [-0.2, 0) is 10.9 Å². The SMILES string of the molecule is C[C@@H]1CN(c2cc(F)c(-c3cnc(N4CCN(C(=O)OC(C)(C)C)CC4)nc3)cc2NC(=O)c2ccc(F)cc2C(F)(F)F)C[C@H](C)N1C. The molecule has 0 unspecified atom stereocenters. The second kappa shape index (κ2) is 13.8. The lowest BCUT2D eigenvalue weighted by molar-refractivity contribution is -0.138. The number of likely N-dealkylation sites (N-methyl/N-ethyl adjacent to an activating group) is 1. The van der Waals surface area contributed by atoms with Gasteiger partial charge < -0.3 is 24.8 Å². The van der Waals surface area contributed by atoms with E-state index in [9.17, 15) is 27.2 Å². The average Bonchev–Trinajstić information content (AvgIpc) is 3.03. The standard InChI is InChI=1S/C34H40F5N7O3/c1-20-18-46(19-21(2)43(20)6)29-15-27(36)25(14-28(29)42-30(47)24-8-7-23(35)13-26(24)34(37,38)39)22-16-40-31(41-17-22)44-9-11-45(12-10-44)32(48)49-33(3,4)5/h7-8,13-17,20-21H,9-12,18-19H2,1-6H3,(H,42,47)/t20-,21+. The molecule has 15 heteroatoms. The predicted molar refractivity (Wildman–Crippen MR) is 176 cm³/mol. The van der Waals surface area contributed by atoms with Gasteiger partial charge in [0.1, 0.15) is 17.2 Å². The van der Waals surface area contributed by atoms with Crippen LogP contribution in [0.25, 0.3) is 11.1 Å². The molecule has 2 aliphatic rings. The Balaban J connectivity index is 1.43. The molecule has 0 radical (unpaired) electrons. The lowest BCUT2D eigenvalue weighted by Crippen LogP contribution is -2.55. The van der Waals surface area contributed by atoms with Crippen LogP contribution in [0.2, 0.25) is 0 Å². The van der Waals surface area contributed by atoms with E-state index in [1.165, 1.54) is 24.5 Å². The van der Waals surface area contributed by atoms with Gasteiger partial charge in [0.2, 0.25) is 5.95 Å². The van der Waals surface area contributed by atoms with Crippen LogP contribution >= 0.6 is 0 Å². The molecule has 0 saturated carbocycles. The number of aromatic nitrogens is 2. The second-order valence-electron chi connectivity index (χ2n) is 13.5. The van der Waals surface area contributed by atoms with Gasteiger partial charge in [-0.15, -0.1) is 0 Å². The average molecular weight is 690 g/mol. The summed E-state index contributed by atoms with van der Waals surface area (Å²) in [6.45, 7) is 12.0. The minimum absolute atomic E-state index is 0.0192. The van der Waals surface area contributed by atoms with Gasteiger partial charge in [-0.25, -0.2) is 23.5 Å². The summed E-state index contributed by atoms with van der Waals surface area (Å²) in [6.07, 6.45) is -2.54. The highest BCUT2D eigenvalue weighted by atomic mass is 19.4. The fourth-order valence-electron chi connectivity index (χ4n) is 5.92. The van der Waals surface area contributed by atoms with Gasteiger partial charge >= 0.3 is 12.3 Å². The third kappa shape index (κ3) is 8.20. The molecule has 2 saturated heterocycles. The summed E-state index contributed by atoms with van der Waals surface area (Å²) >= 11 is 0. The number of carbonyl (C=O) groups excluding carboxylic acids is 2. The maximum atomic E-state index is 15.9. The summed E-state index contributed by atoms with van der Waals surface area (Å²) in [5.41, 5.74) is -2.16. The molecular formula is C34H40F5N7O3. The monoisotopic (exact) mass is 689 g/mol. The summed E-state index contributed by atoms with van der Waals surface area (Å²) in [7, 11) is 1.97. The zero-order valence-electron chi connectivity index (χ0n) is 28.2. The number of anilines is 3. The minimum atomic E-state index is -4.99. The molecule has 10 nitrogen and oxygen atoms in total. The molecule has 2 amide bonds. The van der Waals surface area contributed by atoms with E-state index in [1.54, 1.807) is 25.7 Å². The van der Waals surface area contributed by atoms with Crippen LogP contribution in [0, 0.1) is 11.6 Å². The van der Waals surface area contributed by atoms with E-state index >= 15 is 4.39 Å². The first kappa shape index (κ1) is 35.8. The van der Waals surface area contributed by atoms with Gasteiger partial charge in [-0.05, 0) is 72.0 Å². The van der Waals surface area contributed by atoms with Crippen LogP contribution in [-0.4, -0.2) is 95.8 Å². The van der Waals surface area contributed by atoms with Crippen molar-refractivity contribution in [2.24, 2.45) is 0 Å². The van der Waals surface area contributed by atoms with Crippen molar-refractivity contribution < 1.29 is 36.3 Å². The van der Waals surface area contributed by atoms with E-state index in [0.29, 0.717) is 45.2 Å². The van der Waals surface area contributed by atoms with Crippen molar-refractivity contribution >= 4 is 29.3 Å². The Labute approximate surface area is 281 Å². The molecular weight excluding hydrogens is 649 g/mol. The zero-order valence-corrected chi connectivity index (χ0v) is 28.2. The Hall–Kier alpha value is -4.53. The van der Waals surface area contributed by atoms with Crippen molar-refractivity contribution in [3.05, 3.63) is 65.5 Å². The van der Waals surface area contributed by atoms with Crippen LogP contribution in [0.15, 0.2) is 42.7 Å². The van der Waals surface area contributed by atoms with E-state index in [4.69, 9.17) is 4.74 Å². The number of ether oxygens (including phenoxy) is 1. The first-order valence-corrected chi connectivity index (χ1v) is 15.9. The molecule has 49 heavy (non-hydrogen) atoms. The highest BCUT2D eigenvalue weighted by Crippen LogP contribution is 2.38. The van der Waals surface area contributed by atoms with Gasteiger partial charge in [0.15, 0.2) is 0 Å². The number of halogens is 5. The van der Waals surface area contributed by atoms with Gasteiger partial charge in [-0.1, -0.05) is 0 Å². The molecule has 0 spiro atoms. The number of piperazine rings is 2. The third-order valence-corrected chi connectivity index (χ3v) is 8.73. The van der Waals surface area contributed by atoms with E-state index < -0.39 is 46.5 Å². The van der Waals surface area contributed by atoms with Crippen molar-refractivity contribution in [3.63, 3.8) is 0 Å². The lowest BCUT2D eigenvalue weighted by atomic mass is 10.0. The van der Waals surface area contributed by atoms with Gasteiger partial charge in [0.05, 0.1) is 22.5 Å². The molecule has 2 aliphatic heterocycles. The number of hydrogen-bond donors (Lipinski definition) is 1. The van der Waals surface area contributed by atoms with Gasteiger partial charge in [0, 0.05) is 74.9 Å². The number of amides is 2. The zero-order chi connectivity index (χ0) is 35.8. The van der Waals surface area contributed by atoms with Gasteiger partial charge in [0.25, 0.3) is 5.91 Å². The van der Waals surface area contributed by atoms with E-state index in [2.05, 4.69) is 20.2 Å². The Kier molecular flexibility index (Phi) is 10.0. The first-order valence-electron chi connectivity index (χ1n) is 15.9. The lowest BCUT2D eigenvalue weighted by Gasteiger charge is -2.44. The highest BCUT2D eigenvalue weighted by molar-refractivity contribution is 6.07. The van der Waals surface area contributed by atoms with Crippen molar-refractivity contribution in [1.82, 2.24) is 19.8 Å². The maximum absolute atomic E-state index is 15.9. The Bertz CT molecular complexity index is 1680. The van der Waals surface area contributed by atoms with Crippen molar-refractivity contribution in [2.45, 2.75) is 58.5 Å². The fraction of sp³-hybridized carbons (Fsp3) is 0.471. The quantitative estimate of drug-likeness (QED) is 0.313. The number of hydrogen-bond acceptors (Lipinski definition) is 8. The van der Waals surface area contributed by atoms with Crippen LogP contribution in [0.3, 0.4) is 0 Å². The largest absolute Gasteiger partial charge is 0.444 e. The normalized spacial score (nSPS) is 19.2. The number of benzene rings is 2. The summed E-state index contributed by atoms with van der Waals surface area (Å²) in [5.74, 6) is -2.54. The predicted octanol–water partition coefficient (Wildman–Crippen LogP) is 6.28. The molecule has 0 aliphatic carbocycles. The van der Waals surface area contributed by atoms with Crippen LogP contribution in [0.5, 0.6) is 0 Å². The van der Waals surface area contributed by atoms with E-state index in [-0.39, 0.29) is 40.7 Å². The fourth-order valence-corrected chi connectivity index (χ4v) is 5.92. The molecule has 2 atom stereocenters. The number of alkyl halides is 3. The van der Waals surface area contributed by atoms with Crippen molar-refractivity contribution in [1.29, 1.82) is 0 Å². The number of nitrogens with zero attached hydrogens (tertiary/aromatic N) is 6. The smallest absolute Gasteiger partial charge is 0.417 e. The van der Waals surface area contributed by atoms with Crippen LogP contribution in [0.1, 0.15) is 50.5 Å². The molecule has 1 N–H and O–H groups in total. The minimum Gasteiger partial charge on any atom is -0.444 e. The number of rotatable bonds is 5. The molecule has 0 bridgehead atoms. The first-order chi connectivity index (χ1) is 22.9. The molecule has 3 heterocycles. The second-order valence-corrected chi connectivity index (χ2v) is 13.5. The molecule has 2 aromatic carbocycles. The molecule has 264 valence electrons. The molecule has 2 fully saturated rings. The Morgan fingerprint density at radius 2 is 1.51 bits per heavy atom. The molecule has 3 aromatic rings. The van der Waals surface area contributed by atoms with Gasteiger partial charge in [-0.3, -0.25) is 9.69 Å². The van der Waals surface area contributed by atoms with Crippen LogP contribution in [0.4, 0.5) is 44.1 Å². The third-order valence-electron chi connectivity index (χ3n) is 8.73. The highest BCUT2D eigenvalue weighted by Gasteiger charge is 2.36. The Morgan fingerprint density at radius 3 is 2.08 bits per heavy atom. The van der Waals surface area contributed by atoms with E-state index in [1.807, 2.05) is 30.7 Å². The van der Waals surface area contributed by atoms with Crippen LogP contribution < -0.4 is 15.1 Å². The summed E-state index contributed by atoms with van der Waals surface area (Å²) in [6, 6.07) is 4.52.